The van der Waals surface area contributed by atoms with E-state index in [0.29, 0.717) is 0 Å². The third-order valence-corrected chi connectivity index (χ3v) is 2.04. The first-order valence-electron chi connectivity index (χ1n) is 3.82. The Hall–Kier alpha value is -1.24. The first kappa shape index (κ1) is 10.8. The van der Waals surface area contributed by atoms with Crippen molar-refractivity contribution in [3.8, 4) is 0 Å². The molecule has 5 N–H and O–H groups in total. The summed E-state index contributed by atoms with van der Waals surface area (Å²) >= 11 is 9.82. The van der Waals surface area contributed by atoms with Crippen molar-refractivity contribution in [3.63, 3.8) is 0 Å². The standard InChI is InChI=1S/C8H10N4S2/c9-7(13)12(8(14)11-10)6-4-2-1-3-5-6/h1-5H,10H2,(H2,9,13)(H,11,14). The Balaban J connectivity index is 3.01. The van der Waals surface area contributed by atoms with Gasteiger partial charge in [0.25, 0.3) is 0 Å². The second-order valence-electron chi connectivity index (χ2n) is 2.46. The highest BCUT2D eigenvalue weighted by Crippen LogP contribution is 2.12. The number of hydrogen-bond acceptors (Lipinski definition) is 3. The monoisotopic (exact) mass is 226 g/mol. The van der Waals surface area contributed by atoms with Gasteiger partial charge in [0.2, 0.25) is 0 Å². The Kier molecular flexibility index (Phi) is 3.75. The molecule has 0 unspecified atom stereocenters. The zero-order chi connectivity index (χ0) is 10.6. The summed E-state index contributed by atoms with van der Waals surface area (Å²) in [6.07, 6.45) is 0. The van der Waals surface area contributed by atoms with Crippen LogP contribution in [-0.2, 0) is 0 Å². The molecule has 1 aromatic rings. The van der Waals surface area contributed by atoms with Crippen molar-refractivity contribution in [2.75, 3.05) is 4.90 Å². The van der Waals surface area contributed by atoms with Gasteiger partial charge in [0.05, 0.1) is 5.69 Å². The Morgan fingerprint density at radius 3 is 2.21 bits per heavy atom. The fraction of sp³-hybridized carbons (Fsp3) is 0. The molecule has 0 spiro atoms. The van der Waals surface area contributed by atoms with Crippen molar-refractivity contribution in [1.82, 2.24) is 5.43 Å². The van der Waals surface area contributed by atoms with Gasteiger partial charge >= 0.3 is 0 Å². The summed E-state index contributed by atoms with van der Waals surface area (Å²) < 4.78 is 0. The van der Waals surface area contributed by atoms with E-state index in [0.717, 1.165) is 5.69 Å². The average Bonchev–Trinajstić information content (AvgIpc) is 2.19. The minimum absolute atomic E-state index is 0.152. The van der Waals surface area contributed by atoms with Crippen LogP contribution in [0.2, 0.25) is 0 Å². The van der Waals surface area contributed by atoms with Crippen molar-refractivity contribution >= 4 is 40.3 Å². The lowest BCUT2D eigenvalue weighted by molar-refractivity contribution is 1.03. The van der Waals surface area contributed by atoms with Gasteiger partial charge in [-0.1, -0.05) is 18.2 Å². The van der Waals surface area contributed by atoms with Gasteiger partial charge in [-0.2, -0.15) is 0 Å². The highest BCUT2D eigenvalue weighted by atomic mass is 32.1. The molecule has 6 heteroatoms. The van der Waals surface area contributed by atoms with Crippen LogP contribution >= 0.6 is 24.4 Å². The number of nitrogens with zero attached hydrogens (tertiary/aromatic N) is 1. The van der Waals surface area contributed by atoms with Crippen molar-refractivity contribution < 1.29 is 0 Å². The molecule has 0 amide bonds. The van der Waals surface area contributed by atoms with Gasteiger partial charge in [-0.15, -0.1) is 0 Å². The molecule has 0 saturated heterocycles. The number of hydrazine groups is 1. The minimum Gasteiger partial charge on any atom is -0.376 e. The van der Waals surface area contributed by atoms with Gasteiger partial charge in [0.1, 0.15) is 0 Å². The van der Waals surface area contributed by atoms with Gasteiger partial charge < -0.3 is 11.2 Å². The maximum absolute atomic E-state index is 5.52. The Bertz CT molecular complexity index is 338. The van der Waals surface area contributed by atoms with Crippen molar-refractivity contribution in [3.05, 3.63) is 30.3 Å². The molecule has 0 bridgehead atoms. The summed E-state index contributed by atoms with van der Waals surface area (Å²) in [5.41, 5.74) is 8.63. The zero-order valence-corrected chi connectivity index (χ0v) is 8.94. The highest BCUT2D eigenvalue weighted by molar-refractivity contribution is 7.82. The number of nitrogens with one attached hydrogen (secondary N) is 1. The number of anilines is 1. The Labute approximate surface area is 92.8 Å². The predicted octanol–water partition coefficient (Wildman–Crippen LogP) is 0.485. The van der Waals surface area contributed by atoms with Gasteiger partial charge in [-0.25, -0.2) is 5.84 Å². The van der Waals surface area contributed by atoms with Gasteiger partial charge in [0.15, 0.2) is 10.2 Å². The van der Waals surface area contributed by atoms with E-state index in [1.807, 2.05) is 30.3 Å². The van der Waals surface area contributed by atoms with Crippen LogP contribution in [0.4, 0.5) is 5.69 Å². The molecule has 0 aliphatic heterocycles. The molecule has 14 heavy (non-hydrogen) atoms. The van der Waals surface area contributed by atoms with Gasteiger partial charge in [-0.05, 0) is 36.6 Å². The molecule has 4 nitrogen and oxygen atoms in total. The van der Waals surface area contributed by atoms with E-state index in [4.69, 9.17) is 36.0 Å². The number of para-hydroxylation sites is 1. The fourth-order valence-electron chi connectivity index (χ4n) is 0.986. The Morgan fingerprint density at radius 1 is 1.21 bits per heavy atom. The van der Waals surface area contributed by atoms with E-state index in [-0.39, 0.29) is 10.2 Å². The topological polar surface area (TPSA) is 67.3 Å². The van der Waals surface area contributed by atoms with Crippen molar-refractivity contribution in [2.45, 2.75) is 0 Å². The highest BCUT2D eigenvalue weighted by Gasteiger charge is 2.12. The van der Waals surface area contributed by atoms with Crippen LogP contribution in [0.5, 0.6) is 0 Å². The normalized spacial score (nSPS) is 9.21. The van der Waals surface area contributed by atoms with E-state index in [1.54, 1.807) is 0 Å². The summed E-state index contributed by atoms with van der Waals surface area (Å²) in [4.78, 5) is 1.48. The van der Waals surface area contributed by atoms with Crippen LogP contribution in [-0.4, -0.2) is 10.2 Å². The number of benzene rings is 1. The maximum Gasteiger partial charge on any atom is 0.194 e. The maximum atomic E-state index is 5.52. The van der Waals surface area contributed by atoms with Crippen LogP contribution in [0.1, 0.15) is 0 Å². The number of rotatable bonds is 1. The summed E-state index contributed by atoms with van der Waals surface area (Å²) in [7, 11) is 0. The summed E-state index contributed by atoms with van der Waals surface area (Å²) in [5.74, 6) is 5.20. The van der Waals surface area contributed by atoms with E-state index in [2.05, 4.69) is 5.43 Å². The molecular formula is C8H10N4S2. The number of thiocarbonyl (C=S) groups is 2. The van der Waals surface area contributed by atoms with E-state index >= 15 is 0 Å². The largest absolute Gasteiger partial charge is 0.376 e. The molecule has 0 aliphatic carbocycles. The quantitative estimate of drug-likeness (QED) is 0.368. The van der Waals surface area contributed by atoms with Crippen LogP contribution in [0, 0.1) is 0 Å². The number of hydrogen-bond donors (Lipinski definition) is 3. The second-order valence-corrected chi connectivity index (χ2v) is 3.26. The predicted molar refractivity (Wildman–Crippen MR) is 65.6 cm³/mol. The lowest BCUT2D eigenvalue weighted by Crippen LogP contribution is -2.48. The Morgan fingerprint density at radius 2 is 1.79 bits per heavy atom. The smallest absolute Gasteiger partial charge is 0.194 e. The molecule has 74 valence electrons. The lowest BCUT2D eigenvalue weighted by Gasteiger charge is -2.22. The third kappa shape index (κ3) is 2.38. The van der Waals surface area contributed by atoms with Crippen LogP contribution in [0.25, 0.3) is 0 Å². The minimum atomic E-state index is 0.152. The molecule has 0 radical (unpaired) electrons. The average molecular weight is 226 g/mol. The molecule has 0 fully saturated rings. The third-order valence-electron chi connectivity index (χ3n) is 1.56. The molecule has 1 aromatic carbocycles. The molecule has 0 atom stereocenters. The van der Waals surface area contributed by atoms with Crippen LogP contribution in [0.15, 0.2) is 30.3 Å². The van der Waals surface area contributed by atoms with Gasteiger partial charge in [-0.3, -0.25) is 4.90 Å². The SMILES string of the molecule is NNC(=S)N(C(N)=S)c1ccccc1. The molecule has 0 saturated carbocycles. The van der Waals surface area contributed by atoms with Crippen LogP contribution < -0.4 is 21.9 Å². The first-order valence-corrected chi connectivity index (χ1v) is 4.63. The zero-order valence-electron chi connectivity index (χ0n) is 7.31. The lowest BCUT2D eigenvalue weighted by atomic mass is 10.3. The van der Waals surface area contributed by atoms with E-state index in [1.165, 1.54) is 4.90 Å². The van der Waals surface area contributed by atoms with Crippen molar-refractivity contribution in [2.24, 2.45) is 11.6 Å². The number of nitrogens with two attached hydrogens (primary N) is 2. The summed E-state index contributed by atoms with van der Waals surface area (Å²) in [6, 6.07) is 9.28. The molecule has 1 rings (SSSR count). The fourth-order valence-corrected chi connectivity index (χ4v) is 1.44. The summed E-state index contributed by atoms with van der Waals surface area (Å²) in [5, 5.41) is 0.419. The van der Waals surface area contributed by atoms with Gasteiger partial charge in [0, 0.05) is 0 Å². The van der Waals surface area contributed by atoms with Crippen molar-refractivity contribution in [1.29, 1.82) is 0 Å². The molecule has 0 aliphatic rings. The molecular weight excluding hydrogens is 216 g/mol. The summed E-state index contributed by atoms with van der Waals surface area (Å²) in [6.45, 7) is 0. The van der Waals surface area contributed by atoms with E-state index in [9.17, 15) is 0 Å². The molecule has 0 aromatic heterocycles. The molecule has 0 heterocycles. The van der Waals surface area contributed by atoms with Crippen LogP contribution in [0.3, 0.4) is 0 Å². The first-order chi connectivity index (χ1) is 6.66. The second kappa shape index (κ2) is 4.85. The van der Waals surface area contributed by atoms with E-state index < -0.39 is 0 Å².